The van der Waals surface area contributed by atoms with Crippen molar-refractivity contribution in [2.75, 3.05) is 14.2 Å². The molecule has 0 saturated carbocycles. The molecular formula is C8H8ClNO3. The number of carbonyl (C=O) groups excluding carboxylic acids is 1. The molecule has 0 radical (unpaired) electrons. The second kappa shape index (κ2) is 4.09. The summed E-state index contributed by atoms with van der Waals surface area (Å²) in [5, 5.41) is 0.268. The summed E-state index contributed by atoms with van der Waals surface area (Å²) in [4.78, 5) is 14.9. The molecule has 0 N–H and O–H groups in total. The molecule has 13 heavy (non-hydrogen) atoms. The fraction of sp³-hybridized carbons (Fsp3) is 0.250. The summed E-state index contributed by atoms with van der Waals surface area (Å²) < 4.78 is 9.37. The highest BCUT2D eigenvalue weighted by Crippen LogP contribution is 2.18. The van der Waals surface area contributed by atoms with E-state index in [4.69, 9.17) is 16.3 Å². The first-order valence-corrected chi connectivity index (χ1v) is 3.85. The molecule has 1 aromatic heterocycles. The van der Waals surface area contributed by atoms with Crippen molar-refractivity contribution in [2.24, 2.45) is 0 Å². The normalized spacial score (nSPS) is 9.46. The Balaban J connectivity index is 3.13. The molecule has 0 spiro atoms. The predicted molar refractivity (Wildman–Crippen MR) is 47.1 cm³/mol. The number of methoxy groups -OCH3 is 2. The maximum atomic E-state index is 11.1. The minimum atomic E-state index is -0.499. The van der Waals surface area contributed by atoms with Crippen LogP contribution in [0.2, 0.25) is 5.15 Å². The van der Waals surface area contributed by atoms with Crippen LogP contribution in [0.4, 0.5) is 0 Å². The average molecular weight is 202 g/mol. The Morgan fingerprint density at radius 2 is 2.15 bits per heavy atom. The van der Waals surface area contributed by atoms with Gasteiger partial charge in [0.2, 0.25) is 5.88 Å². The van der Waals surface area contributed by atoms with Crippen LogP contribution >= 0.6 is 11.6 Å². The number of aromatic nitrogens is 1. The summed E-state index contributed by atoms with van der Waals surface area (Å²) in [7, 11) is 2.70. The number of nitrogens with zero attached hydrogens (tertiary/aromatic N) is 1. The summed E-state index contributed by atoms with van der Waals surface area (Å²) >= 11 is 5.60. The number of esters is 1. The number of halogens is 1. The molecule has 0 fully saturated rings. The maximum absolute atomic E-state index is 11.1. The van der Waals surface area contributed by atoms with E-state index in [0.29, 0.717) is 0 Å². The van der Waals surface area contributed by atoms with E-state index >= 15 is 0 Å². The number of carbonyl (C=O) groups is 1. The van der Waals surface area contributed by atoms with Crippen molar-refractivity contribution in [3.8, 4) is 5.88 Å². The van der Waals surface area contributed by atoms with Gasteiger partial charge in [-0.1, -0.05) is 11.6 Å². The first kappa shape index (κ1) is 9.80. The van der Waals surface area contributed by atoms with Gasteiger partial charge in [-0.3, -0.25) is 0 Å². The van der Waals surface area contributed by atoms with Gasteiger partial charge in [0.1, 0.15) is 10.7 Å². The summed E-state index contributed by atoms with van der Waals surface area (Å²) in [5.41, 5.74) is 0.259. The molecule has 0 aliphatic rings. The van der Waals surface area contributed by atoms with Gasteiger partial charge < -0.3 is 9.47 Å². The van der Waals surface area contributed by atoms with E-state index < -0.39 is 5.97 Å². The van der Waals surface area contributed by atoms with Crippen molar-refractivity contribution in [3.63, 3.8) is 0 Å². The summed E-state index contributed by atoms with van der Waals surface area (Å²) in [6.45, 7) is 0. The quantitative estimate of drug-likeness (QED) is 0.538. The summed E-state index contributed by atoms with van der Waals surface area (Å²) in [5.74, 6) is -0.333. The Labute approximate surface area is 80.4 Å². The minimum absolute atomic E-state index is 0.166. The van der Waals surface area contributed by atoms with Gasteiger partial charge in [-0.25, -0.2) is 9.78 Å². The van der Waals surface area contributed by atoms with Crippen LogP contribution in [0.25, 0.3) is 0 Å². The van der Waals surface area contributed by atoms with E-state index in [-0.39, 0.29) is 16.6 Å². The molecule has 0 aliphatic heterocycles. The van der Waals surface area contributed by atoms with Crippen molar-refractivity contribution >= 4 is 17.6 Å². The SMILES string of the molecule is COC(=O)c1ccc(Cl)nc1OC. The van der Waals surface area contributed by atoms with Crippen LogP contribution < -0.4 is 4.74 Å². The molecule has 5 heteroatoms. The number of rotatable bonds is 2. The molecule has 0 atom stereocenters. The first-order valence-electron chi connectivity index (χ1n) is 3.48. The van der Waals surface area contributed by atoms with E-state index in [1.807, 2.05) is 0 Å². The second-order valence-corrected chi connectivity index (χ2v) is 2.57. The second-order valence-electron chi connectivity index (χ2n) is 2.18. The van der Waals surface area contributed by atoms with Crippen LogP contribution in [0.5, 0.6) is 5.88 Å². The zero-order valence-electron chi connectivity index (χ0n) is 7.20. The smallest absolute Gasteiger partial charge is 0.343 e. The minimum Gasteiger partial charge on any atom is -0.480 e. The molecule has 1 aromatic rings. The molecule has 1 heterocycles. The lowest BCUT2D eigenvalue weighted by Crippen LogP contribution is -2.05. The molecule has 0 aliphatic carbocycles. The number of hydrogen-bond donors (Lipinski definition) is 0. The van der Waals surface area contributed by atoms with E-state index in [0.717, 1.165) is 0 Å². The van der Waals surface area contributed by atoms with Crippen molar-refractivity contribution in [3.05, 3.63) is 22.8 Å². The third kappa shape index (κ3) is 2.09. The van der Waals surface area contributed by atoms with Crippen molar-refractivity contribution in [1.82, 2.24) is 4.98 Å². The van der Waals surface area contributed by atoms with Gasteiger partial charge in [0, 0.05) is 0 Å². The van der Waals surface area contributed by atoms with Gasteiger partial charge in [-0.2, -0.15) is 0 Å². The maximum Gasteiger partial charge on any atom is 0.343 e. The monoisotopic (exact) mass is 201 g/mol. The van der Waals surface area contributed by atoms with Gasteiger partial charge in [0.05, 0.1) is 14.2 Å². The van der Waals surface area contributed by atoms with E-state index in [2.05, 4.69) is 9.72 Å². The average Bonchev–Trinajstić information content (AvgIpc) is 2.16. The number of ether oxygens (including phenoxy) is 2. The van der Waals surface area contributed by atoms with Crippen LogP contribution in [0.3, 0.4) is 0 Å². The van der Waals surface area contributed by atoms with Crippen LogP contribution in [0.1, 0.15) is 10.4 Å². The Bertz CT molecular complexity index is 327. The van der Waals surface area contributed by atoms with Gasteiger partial charge >= 0.3 is 5.97 Å². The topological polar surface area (TPSA) is 48.4 Å². The third-order valence-corrected chi connectivity index (χ3v) is 1.64. The summed E-state index contributed by atoms with van der Waals surface area (Å²) in [6.07, 6.45) is 0. The van der Waals surface area contributed by atoms with Gasteiger partial charge in [-0.05, 0) is 12.1 Å². The molecule has 1 rings (SSSR count). The Kier molecular flexibility index (Phi) is 3.08. The van der Waals surface area contributed by atoms with Crippen LogP contribution in [0.15, 0.2) is 12.1 Å². The molecule has 0 aromatic carbocycles. The summed E-state index contributed by atoms with van der Waals surface area (Å²) in [6, 6.07) is 3.00. The fourth-order valence-electron chi connectivity index (χ4n) is 0.839. The largest absolute Gasteiger partial charge is 0.480 e. The van der Waals surface area contributed by atoms with Gasteiger partial charge in [0.15, 0.2) is 0 Å². The molecule has 0 amide bonds. The van der Waals surface area contributed by atoms with Gasteiger partial charge in [0.25, 0.3) is 0 Å². The highest BCUT2D eigenvalue weighted by atomic mass is 35.5. The Hall–Kier alpha value is -1.29. The molecule has 0 saturated heterocycles. The Morgan fingerprint density at radius 1 is 1.46 bits per heavy atom. The number of pyridine rings is 1. The van der Waals surface area contributed by atoms with Crippen molar-refractivity contribution in [2.45, 2.75) is 0 Å². The lowest BCUT2D eigenvalue weighted by atomic mass is 10.3. The van der Waals surface area contributed by atoms with Crippen molar-refractivity contribution < 1.29 is 14.3 Å². The lowest BCUT2D eigenvalue weighted by Gasteiger charge is -2.04. The fourth-order valence-corrected chi connectivity index (χ4v) is 0.979. The van der Waals surface area contributed by atoms with Crippen LogP contribution in [-0.2, 0) is 4.74 Å². The molecule has 0 bridgehead atoms. The van der Waals surface area contributed by atoms with Gasteiger partial charge in [-0.15, -0.1) is 0 Å². The van der Waals surface area contributed by atoms with Crippen molar-refractivity contribution in [1.29, 1.82) is 0 Å². The highest BCUT2D eigenvalue weighted by Gasteiger charge is 2.13. The number of hydrogen-bond acceptors (Lipinski definition) is 4. The van der Waals surface area contributed by atoms with E-state index in [1.54, 1.807) is 0 Å². The van der Waals surface area contributed by atoms with Crippen LogP contribution in [-0.4, -0.2) is 25.2 Å². The molecule has 0 unspecified atom stereocenters. The standard InChI is InChI=1S/C8H8ClNO3/c1-12-7-5(8(11)13-2)3-4-6(9)10-7/h3-4H,1-2H3. The zero-order valence-corrected chi connectivity index (χ0v) is 7.96. The van der Waals surface area contributed by atoms with E-state index in [9.17, 15) is 4.79 Å². The molecule has 4 nitrogen and oxygen atoms in total. The predicted octanol–water partition coefficient (Wildman–Crippen LogP) is 1.53. The Morgan fingerprint density at radius 3 is 2.69 bits per heavy atom. The van der Waals surface area contributed by atoms with E-state index in [1.165, 1.54) is 26.4 Å². The molecule has 70 valence electrons. The highest BCUT2D eigenvalue weighted by molar-refractivity contribution is 6.29. The zero-order chi connectivity index (χ0) is 9.84. The third-order valence-electron chi connectivity index (χ3n) is 1.42. The lowest BCUT2D eigenvalue weighted by molar-refractivity contribution is 0.0596. The first-order chi connectivity index (χ1) is 6.19. The molecular weight excluding hydrogens is 194 g/mol. The van der Waals surface area contributed by atoms with Crippen LogP contribution in [0, 0.1) is 0 Å².